The van der Waals surface area contributed by atoms with E-state index in [1.54, 1.807) is 13.8 Å². The van der Waals surface area contributed by atoms with E-state index < -0.39 is 5.91 Å². The molecule has 1 amide bonds. The largest absolute Gasteiger partial charge is 0.396 e. The molecule has 1 atom stereocenters. The maximum Gasteiger partial charge on any atom is 0.256 e. The molecule has 0 aliphatic heterocycles. The van der Waals surface area contributed by atoms with Crippen LogP contribution < -0.4 is 10.7 Å². The van der Waals surface area contributed by atoms with Crippen LogP contribution in [0.1, 0.15) is 29.4 Å². The normalized spacial score (nSPS) is 12.2. The number of aryl methyl sites for hydroxylation is 1. The molecule has 1 unspecified atom stereocenters. The Kier molecular flexibility index (Phi) is 4.89. The monoisotopic (exact) mass is 302 g/mol. The molecule has 3 N–H and O–H groups in total. The van der Waals surface area contributed by atoms with Crippen LogP contribution >= 0.6 is 15.9 Å². The first-order chi connectivity index (χ1) is 7.97. The number of H-pyrrole nitrogens is 1. The van der Waals surface area contributed by atoms with Gasteiger partial charge in [-0.05, 0) is 36.2 Å². The van der Waals surface area contributed by atoms with Crippen LogP contribution in [0.15, 0.2) is 15.5 Å². The summed E-state index contributed by atoms with van der Waals surface area (Å²) in [5, 5.41) is 11.4. The Hall–Kier alpha value is -1.14. The molecule has 0 fully saturated rings. The first-order valence-electron chi connectivity index (χ1n) is 5.27. The summed E-state index contributed by atoms with van der Waals surface area (Å²) in [6, 6.07) is -0.174. The van der Waals surface area contributed by atoms with E-state index in [2.05, 4.69) is 26.2 Å². The van der Waals surface area contributed by atoms with Crippen LogP contribution in [0, 0.1) is 6.92 Å². The summed E-state index contributed by atoms with van der Waals surface area (Å²) in [7, 11) is 0. The third-order valence-corrected chi connectivity index (χ3v) is 3.35. The summed E-state index contributed by atoms with van der Waals surface area (Å²) in [6.45, 7) is 3.50. The number of pyridine rings is 1. The molecule has 17 heavy (non-hydrogen) atoms. The molecule has 1 rings (SSSR count). The minimum atomic E-state index is -0.437. The highest BCUT2D eigenvalue weighted by Gasteiger charge is 2.15. The van der Waals surface area contributed by atoms with Crippen LogP contribution in [0.25, 0.3) is 0 Å². The highest BCUT2D eigenvalue weighted by Crippen LogP contribution is 2.08. The Morgan fingerprint density at radius 2 is 2.29 bits per heavy atom. The maximum atomic E-state index is 11.8. The first-order valence-corrected chi connectivity index (χ1v) is 6.06. The second-order valence-electron chi connectivity index (χ2n) is 3.86. The lowest BCUT2D eigenvalue weighted by molar-refractivity contribution is 0.0933. The fourth-order valence-electron chi connectivity index (χ4n) is 1.33. The molecule has 1 aromatic rings. The fourth-order valence-corrected chi connectivity index (χ4v) is 1.66. The van der Waals surface area contributed by atoms with Gasteiger partial charge >= 0.3 is 0 Å². The lowest BCUT2D eigenvalue weighted by Gasteiger charge is -2.12. The second-order valence-corrected chi connectivity index (χ2v) is 4.65. The summed E-state index contributed by atoms with van der Waals surface area (Å²) >= 11 is 3.13. The number of aromatic nitrogens is 1. The Balaban J connectivity index is 2.91. The zero-order valence-electron chi connectivity index (χ0n) is 9.71. The lowest BCUT2D eigenvalue weighted by atomic mass is 10.2. The smallest absolute Gasteiger partial charge is 0.256 e. The van der Waals surface area contributed by atoms with Crippen molar-refractivity contribution in [3.05, 3.63) is 32.2 Å². The van der Waals surface area contributed by atoms with E-state index in [1.807, 2.05) is 0 Å². The average Bonchev–Trinajstić information content (AvgIpc) is 2.26. The molecule has 0 bridgehead atoms. The number of rotatable bonds is 4. The number of hydrogen-bond acceptors (Lipinski definition) is 3. The molecular formula is C11H15BrN2O3. The summed E-state index contributed by atoms with van der Waals surface area (Å²) in [4.78, 5) is 26.4. The molecule has 5 nitrogen and oxygen atoms in total. The summed E-state index contributed by atoms with van der Waals surface area (Å²) in [5.74, 6) is -0.437. The number of hydrogen-bond donors (Lipinski definition) is 3. The molecule has 1 aromatic heterocycles. The molecule has 0 aromatic carbocycles. The highest BCUT2D eigenvalue weighted by atomic mass is 79.9. The molecular weight excluding hydrogens is 288 g/mol. The van der Waals surface area contributed by atoms with Crippen molar-refractivity contribution in [3.8, 4) is 0 Å². The van der Waals surface area contributed by atoms with Gasteiger partial charge in [-0.15, -0.1) is 0 Å². The Labute approximate surface area is 107 Å². The molecule has 6 heteroatoms. The van der Waals surface area contributed by atoms with Crippen molar-refractivity contribution in [2.45, 2.75) is 26.3 Å². The number of aliphatic hydroxyl groups is 1. The van der Waals surface area contributed by atoms with Gasteiger partial charge in [0.25, 0.3) is 5.91 Å². The van der Waals surface area contributed by atoms with Gasteiger partial charge in [0, 0.05) is 24.5 Å². The predicted octanol–water partition coefficient (Wildman–Crippen LogP) is 0.947. The molecule has 94 valence electrons. The molecule has 0 saturated heterocycles. The van der Waals surface area contributed by atoms with E-state index in [0.29, 0.717) is 16.6 Å². The Bertz CT molecular complexity index is 470. The number of aliphatic hydroxyl groups excluding tert-OH is 1. The number of aromatic amines is 1. The lowest BCUT2D eigenvalue weighted by Crippen LogP contribution is -2.36. The summed E-state index contributed by atoms with van der Waals surface area (Å²) < 4.78 is 0.361. The molecule has 0 aliphatic carbocycles. The number of amides is 1. The van der Waals surface area contributed by atoms with Gasteiger partial charge in [0.1, 0.15) is 5.56 Å². The SMILES string of the molecule is Cc1[nH]cc(C(=O)NC(C)CCO)c(=O)c1Br. The third kappa shape index (κ3) is 3.41. The minimum Gasteiger partial charge on any atom is -0.396 e. The van der Waals surface area contributed by atoms with Gasteiger partial charge in [0.05, 0.1) is 4.47 Å². The van der Waals surface area contributed by atoms with Crippen LogP contribution in [-0.4, -0.2) is 28.6 Å². The van der Waals surface area contributed by atoms with Crippen molar-refractivity contribution in [2.75, 3.05) is 6.61 Å². The topological polar surface area (TPSA) is 82.2 Å². The standard InChI is InChI=1S/C11H15BrN2O3/c1-6(3-4-15)14-11(17)8-5-13-7(2)9(12)10(8)16/h5-6,15H,3-4H2,1-2H3,(H,13,16)(H,14,17). The summed E-state index contributed by atoms with van der Waals surface area (Å²) in [5.41, 5.74) is 0.400. The van der Waals surface area contributed by atoms with E-state index in [0.717, 1.165) is 0 Å². The summed E-state index contributed by atoms with van der Waals surface area (Å²) in [6.07, 6.45) is 1.85. The van der Waals surface area contributed by atoms with Crippen LogP contribution in [0.3, 0.4) is 0 Å². The van der Waals surface area contributed by atoms with Crippen LogP contribution in [0.4, 0.5) is 0 Å². The highest BCUT2D eigenvalue weighted by molar-refractivity contribution is 9.10. The van der Waals surface area contributed by atoms with Crippen molar-refractivity contribution in [1.82, 2.24) is 10.3 Å². The number of nitrogens with one attached hydrogen (secondary N) is 2. The minimum absolute atomic E-state index is 0.00457. The van der Waals surface area contributed by atoms with E-state index >= 15 is 0 Å². The van der Waals surface area contributed by atoms with E-state index in [9.17, 15) is 9.59 Å². The van der Waals surface area contributed by atoms with Crippen molar-refractivity contribution in [3.63, 3.8) is 0 Å². The number of carbonyl (C=O) groups is 1. The maximum absolute atomic E-state index is 11.8. The van der Waals surface area contributed by atoms with E-state index in [-0.39, 0.29) is 23.6 Å². The van der Waals surface area contributed by atoms with Crippen molar-refractivity contribution < 1.29 is 9.90 Å². The van der Waals surface area contributed by atoms with Crippen LogP contribution in [0.2, 0.25) is 0 Å². The van der Waals surface area contributed by atoms with Crippen LogP contribution in [-0.2, 0) is 0 Å². The van der Waals surface area contributed by atoms with E-state index in [1.165, 1.54) is 6.20 Å². The van der Waals surface area contributed by atoms with Gasteiger partial charge < -0.3 is 15.4 Å². The zero-order chi connectivity index (χ0) is 13.0. The first kappa shape index (κ1) is 13.9. The molecule has 1 heterocycles. The van der Waals surface area contributed by atoms with Crippen molar-refractivity contribution >= 4 is 21.8 Å². The molecule has 0 saturated carbocycles. The number of carbonyl (C=O) groups excluding carboxylic acids is 1. The van der Waals surface area contributed by atoms with E-state index in [4.69, 9.17) is 5.11 Å². The fraction of sp³-hybridized carbons (Fsp3) is 0.455. The van der Waals surface area contributed by atoms with Gasteiger partial charge in [-0.1, -0.05) is 0 Å². The van der Waals surface area contributed by atoms with Gasteiger partial charge in [0.15, 0.2) is 0 Å². The zero-order valence-corrected chi connectivity index (χ0v) is 11.3. The van der Waals surface area contributed by atoms with Crippen molar-refractivity contribution in [2.24, 2.45) is 0 Å². The number of halogens is 1. The van der Waals surface area contributed by atoms with Gasteiger partial charge in [-0.25, -0.2) is 0 Å². The molecule has 0 aliphatic rings. The third-order valence-electron chi connectivity index (χ3n) is 2.39. The predicted molar refractivity (Wildman–Crippen MR) is 68.1 cm³/mol. The molecule has 0 radical (unpaired) electrons. The van der Waals surface area contributed by atoms with Gasteiger partial charge in [-0.2, -0.15) is 0 Å². The molecule has 0 spiro atoms. The Morgan fingerprint density at radius 1 is 1.65 bits per heavy atom. The quantitative estimate of drug-likeness (QED) is 0.774. The average molecular weight is 303 g/mol. The second kappa shape index (κ2) is 5.97. The van der Waals surface area contributed by atoms with Gasteiger partial charge in [0.2, 0.25) is 5.43 Å². The van der Waals surface area contributed by atoms with Crippen molar-refractivity contribution in [1.29, 1.82) is 0 Å². The Morgan fingerprint density at radius 3 is 2.88 bits per heavy atom. The van der Waals surface area contributed by atoms with Crippen LogP contribution in [0.5, 0.6) is 0 Å². The van der Waals surface area contributed by atoms with Gasteiger partial charge in [-0.3, -0.25) is 9.59 Å².